The van der Waals surface area contributed by atoms with Gasteiger partial charge in [0.2, 0.25) is 5.78 Å². The largest absolute Gasteiger partial charge is 0.489 e. The average molecular weight is 284 g/mol. The molecule has 1 atom stereocenters. The maximum atomic E-state index is 12.7. The lowest BCUT2D eigenvalue weighted by atomic mass is 9.83. The molecule has 2 aliphatic rings. The summed E-state index contributed by atoms with van der Waals surface area (Å²) in [5, 5.41) is 10.7. The third-order valence-corrected chi connectivity index (χ3v) is 3.84. The number of allylic oxidation sites excluding steroid dienone is 2. The molecule has 0 fully saturated rings. The van der Waals surface area contributed by atoms with Crippen molar-refractivity contribution in [1.29, 1.82) is 0 Å². The van der Waals surface area contributed by atoms with E-state index < -0.39 is 5.60 Å². The number of hydrogen-bond donors (Lipinski definition) is 1. The van der Waals surface area contributed by atoms with Crippen LogP contribution in [0.25, 0.3) is 6.08 Å². The molecule has 0 spiro atoms. The minimum atomic E-state index is -1.64. The van der Waals surface area contributed by atoms with E-state index in [9.17, 15) is 9.90 Å². The number of Topliss-reactive ketones (excluding diaryl/α,β-unsaturated/α-hetero) is 1. The Bertz CT molecular complexity index is 684. The second-order valence-electron chi connectivity index (χ2n) is 5.13. The molecule has 0 saturated heterocycles. The zero-order chi connectivity index (χ0) is 15.0. The third kappa shape index (κ3) is 1.99. The Morgan fingerprint density at radius 3 is 3.00 bits per heavy atom. The molecule has 4 heteroatoms. The van der Waals surface area contributed by atoms with Gasteiger partial charge in [-0.2, -0.15) is 0 Å². The molecule has 0 radical (unpaired) electrons. The molecule has 1 unspecified atom stereocenters. The Kier molecular flexibility index (Phi) is 3.18. The molecule has 1 aromatic rings. The summed E-state index contributed by atoms with van der Waals surface area (Å²) in [5.41, 5.74) is -0.0130. The van der Waals surface area contributed by atoms with E-state index in [2.05, 4.69) is 6.58 Å². The number of carbonyl (C=O) groups is 1. The van der Waals surface area contributed by atoms with Crippen molar-refractivity contribution in [2.45, 2.75) is 12.5 Å². The normalized spacial score (nSPS) is 23.7. The lowest BCUT2D eigenvalue weighted by Gasteiger charge is -2.34. The highest BCUT2D eigenvalue weighted by atomic mass is 16.5. The number of benzene rings is 1. The Morgan fingerprint density at radius 2 is 2.24 bits per heavy atom. The highest BCUT2D eigenvalue weighted by Gasteiger charge is 2.44. The fourth-order valence-corrected chi connectivity index (χ4v) is 2.58. The van der Waals surface area contributed by atoms with E-state index >= 15 is 0 Å². The number of carbonyl (C=O) groups excluding carboxylic acids is 1. The molecule has 1 N–H and O–H groups in total. The highest BCUT2D eigenvalue weighted by molar-refractivity contribution is 6.08. The van der Waals surface area contributed by atoms with Crippen LogP contribution >= 0.6 is 0 Å². The fraction of sp³-hybridized carbons (Fsp3) is 0.235. The van der Waals surface area contributed by atoms with Gasteiger partial charge in [0.25, 0.3) is 0 Å². The van der Waals surface area contributed by atoms with Crippen LogP contribution in [0.1, 0.15) is 22.8 Å². The lowest BCUT2D eigenvalue weighted by Crippen LogP contribution is -2.48. The Balaban J connectivity index is 2.10. The van der Waals surface area contributed by atoms with Gasteiger partial charge in [0, 0.05) is 0 Å². The summed E-state index contributed by atoms with van der Waals surface area (Å²) in [7, 11) is 0. The predicted molar refractivity (Wildman–Crippen MR) is 79.7 cm³/mol. The smallest absolute Gasteiger partial charge is 0.205 e. The van der Waals surface area contributed by atoms with Gasteiger partial charge in [0.15, 0.2) is 5.60 Å². The summed E-state index contributed by atoms with van der Waals surface area (Å²) in [5.74, 6) is 0.804. The number of ketones is 1. The van der Waals surface area contributed by atoms with Crippen molar-refractivity contribution in [3.8, 4) is 11.5 Å². The van der Waals surface area contributed by atoms with Gasteiger partial charge in [0.05, 0.1) is 11.1 Å². The summed E-state index contributed by atoms with van der Waals surface area (Å²) in [6, 6.07) is 3.37. The van der Waals surface area contributed by atoms with E-state index in [-0.39, 0.29) is 12.4 Å². The average Bonchev–Trinajstić information content (AvgIpc) is 2.51. The molecule has 0 aliphatic carbocycles. The van der Waals surface area contributed by atoms with E-state index in [1.807, 2.05) is 12.2 Å². The molecule has 4 nitrogen and oxygen atoms in total. The summed E-state index contributed by atoms with van der Waals surface area (Å²) >= 11 is 0. The molecule has 0 bridgehead atoms. The van der Waals surface area contributed by atoms with Crippen molar-refractivity contribution in [3.63, 3.8) is 0 Å². The number of ether oxygens (including phenoxy) is 2. The Labute approximate surface area is 123 Å². The van der Waals surface area contributed by atoms with Crippen LogP contribution in [-0.2, 0) is 0 Å². The number of fused-ring (bicyclic) bond motifs is 3. The zero-order valence-electron chi connectivity index (χ0n) is 11.8. The first kappa shape index (κ1) is 13.6. The molecule has 2 aliphatic heterocycles. The maximum Gasteiger partial charge on any atom is 0.205 e. The van der Waals surface area contributed by atoms with Crippen molar-refractivity contribution in [2.24, 2.45) is 0 Å². The van der Waals surface area contributed by atoms with Gasteiger partial charge < -0.3 is 14.6 Å². The quantitative estimate of drug-likeness (QED) is 0.848. The van der Waals surface area contributed by atoms with Crippen molar-refractivity contribution >= 4 is 11.9 Å². The van der Waals surface area contributed by atoms with Crippen molar-refractivity contribution in [2.75, 3.05) is 13.2 Å². The van der Waals surface area contributed by atoms with E-state index in [0.29, 0.717) is 29.2 Å². The third-order valence-electron chi connectivity index (χ3n) is 3.84. The Hall–Kier alpha value is -2.33. The van der Waals surface area contributed by atoms with Crippen LogP contribution in [0.2, 0.25) is 0 Å². The van der Waals surface area contributed by atoms with Crippen molar-refractivity contribution in [1.82, 2.24) is 0 Å². The SMILES string of the molecule is C=C/C=C(\C)C1(O)COc2c(ccc3c2C=CCO3)C1=O. The van der Waals surface area contributed by atoms with E-state index in [1.54, 1.807) is 31.2 Å². The fourth-order valence-electron chi connectivity index (χ4n) is 2.58. The molecule has 0 saturated carbocycles. The second-order valence-corrected chi connectivity index (χ2v) is 5.13. The van der Waals surface area contributed by atoms with Crippen molar-refractivity contribution in [3.05, 3.63) is 53.6 Å². The summed E-state index contributed by atoms with van der Waals surface area (Å²) < 4.78 is 11.2. The van der Waals surface area contributed by atoms with Crippen LogP contribution in [0.15, 0.2) is 42.5 Å². The van der Waals surface area contributed by atoms with Crippen LogP contribution < -0.4 is 9.47 Å². The van der Waals surface area contributed by atoms with Gasteiger partial charge >= 0.3 is 0 Å². The molecular weight excluding hydrogens is 268 g/mol. The summed E-state index contributed by atoms with van der Waals surface area (Å²) in [6.07, 6.45) is 6.90. The van der Waals surface area contributed by atoms with Crippen LogP contribution in [0.5, 0.6) is 11.5 Å². The highest BCUT2D eigenvalue weighted by Crippen LogP contribution is 2.41. The first-order valence-electron chi connectivity index (χ1n) is 6.74. The van der Waals surface area contributed by atoms with Crippen LogP contribution in [0, 0.1) is 0 Å². The molecule has 1 aromatic carbocycles. The monoisotopic (exact) mass is 284 g/mol. The molecule has 3 rings (SSSR count). The van der Waals surface area contributed by atoms with E-state index in [4.69, 9.17) is 9.47 Å². The van der Waals surface area contributed by atoms with E-state index in [1.165, 1.54) is 0 Å². The first-order chi connectivity index (χ1) is 10.1. The number of aliphatic hydroxyl groups is 1. The second kappa shape index (κ2) is 4.90. The molecule has 108 valence electrons. The number of hydrogen-bond acceptors (Lipinski definition) is 4. The van der Waals surface area contributed by atoms with Crippen LogP contribution in [0.3, 0.4) is 0 Å². The van der Waals surface area contributed by atoms with Crippen molar-refractivity contribution < 1.29 is 19.4 Å². The van der Waals surface area contributed by atoms with Gasteiger partial charge in [-0.1, -0.05) is 18.7 Å². The predicted octanol–water partition coefficient (Wildman–Crippen LogP) is 2.53. The van der Waals surface area contributed by atoms with Gasteiger partial charge in [-0.15, -0.1) is 0 Å². The van der Waals surface area contributed by atoms with Gasteiger partial charge in [0.1, 0.15) is 24.7 Å². The minimum Gasteiger partial charge on any atom is -0.489 e. The molecule has 21 heavy (non-hydrogen) atoms. The zero-order valence-corrected chi connectivity index (χ0v) is 11.8. The van der Waals surface area contributed by atoms with Crippen LogP contribution in [-0.4, -0.2) is 29.7 Å². The standard InChI is InChI=1S/C17H16O4/c1-3-5-11(2)17(19)10-21-15-12-6-4-9-20-14(12)8-7-13(15)16(17)18/h3-8,19H,1,9-10H2,2H3/b11-5+. The van der Waals surface area contributed by atoms with Gasteiger partial charge in [-0.3, -0.25) is 4.79 Å². The first-order valence-corrected chi connectivity index (χ1v) is 6.74. The minimum absolute atomic E-state index is 0.112. The molecule has 0 aromatic heterocycles. The maximum absolute atomic E-state index is 12.7. The Morgan fingerprint density at radius 1 is 1.43 bits per heavy atom. The molecular formula is C17H16O4. The van der Waals surface area contributed by atoms with E-state index in [0.717, 1.165) is 5.56 Å². The number of rotatable bonds is 2. The summed E-state index contributed by atoms with van der Waals surface area (Å²) in [6.45, 7) is 5.67. The summed E-state index contributed by atoms with van der Waals surface area (Å²) in [4.78, 5) is 12.7. The van der Waals surface area contributed by atoms with Crippen LogP contribution in [0.4, 0.5) is 0 Å². The molecule has 2 heterocycles. The van der Waals surface area contributed by atoms with Gasteiger partial charge in [-0.05, 0) is 36.8 Å². The van der Waals surface area contributed by atoms with Gasteiger partial charge in [-0.25, -0.2) is 0 Å². The lowest BCUT2D eigenvalue weighted by molar-refractivity contribution is 0.0178. The topological polar surface area (TPSA) is 55.8 Å². The molecule has 0 amide bonds.